The number of amides is 2. The van der Waals surface area contributed by atoms with E-state index in [4.69, 9.17) is 11.6 Å². The third-order valence-corrected chi connectivity index (χ3v) is 7.48. The minimum Gasteiger partial charge on any atom is -0.360 e. The minimum absolute atomic E-state index is 0.0887. The van der Waals surface area contributed by atoms with E-state index in [9.17, 15) is 9.59 Å². The number of aromatic nitrogens is 3. The smallest absolute Gasteiger partial charge is 0.255 e. The first kappa shape index (κ1) is 28.1. The molecule has 0 radical (unpaired) electrons. The van der Waals surface area contributed by atoms with Crippen molar-refractivity contribution in [3.8, 4) is 11.3 Å². The van der Waals surface area contributed by atoms with Gasteiger partial charge in [0, 0.05) is 64.5 Å². The maximum atomic E-state index is 13.2. The van der Waals surface area contributed by atoms with Gasteiger partial charge < -0.3 is 25.4 Å². The molecule has 9 nitrogen and oxygen atoms in total. The Labute approximate surface area is 254 Å². The number of halogens is 1. The quantitative estimate of drug-likeness (QED) is 0.183. The summed E-state index contributed by atoms with van der Waals surface area (Å²) in [6.45, 7) is 1.27. The van der Waals surface area contributed by atoms with Crippen LogP contribution in [-0.4, -0.2) is 58.9 Å². The molecule has 0 saturated heterocycles. The molecule has 0 unspecified atom stereocenters. The summed E-state index contributed by atoms with van der Waals surface area (Å²) in [7, 11) is 3.90. The molecule has 2 amide bonds. The van der Waals surface area contributed by atoms with Gasteiger partial charge in [-0.15, -0.1) is 0 Å². The van der Waals surface area contributed by atoms with E-state index in [0.29, 0.717) is 46.7 Å². The predicted octanol–water partition coefficient (Wildman–Crippen LogP) is 6.28. The predicted molar refractivity (Wildman–Crippen MR) is 172 cm³/mol. The molecule has 0 atom stereocenters. The number of aromatic amines is 1. The van der Waals surface area contributed by atoms with Crippen molar-refractivity contribution in [1.82, 2.24) is 19.9 Å². The largest absolute Gasteiger partial charge is 0.360 e. The molecule has 5 aromatic rings. The normalized spacial score (nSPS) is 12.7. The Balaban J connectivity index is 1.17. The fourth-order valence-electron chi connectivity index (χ4n) is 5.09. The number of rotatable bonds is 8. The highest BCUT2D eigenvalue weighted by molar-refractivity contribution is 6.33. The third kappa shape index (κ3) is 6.13. The Bertz CT molecular complexity index is 1860. The van der Waals surface area contributed by atoms with Crippen LogP contribution in [0.3, 0.4) is 0 Å². The summed E-state index contributed by atoms with van der Waals surface area (Å²) in [6, 6.07) is 20.7. The molecular weight excluding hydrogens is 562 g/mol. The van der Waals surface area contributed by atoms with E-state index < -0.39 is 0 Å². The van der Waals surface area contributed by atoms with Crippen molar-refractivity contribution in [2.24, 2.45) is 0 Å². The monoisotopic (exact) mass is 591 g/mol. The highest BCUT2D eigenvalue weighted by Gasteiger charge is 2.24. The number of H-pyrrole nitrogens is 1. The highest BCUT2D eigenvalue weighted by Crippen LogP contribution is 2.33. The van der Waals surface area contributed by atoms with E-state index in [2.05, 4.69) is 25.6 Å². The Morgan fingerprint density at radius 3 is 2.77 bits per heavy atom. The standard InChI is InChI=1S/C33H30ClN7O2/c1-40(2)15-6-11-30(42)41-16-14-21-12-13-22(17-29(21)41)32(43)37-23-7-5-8-24(18-23)38-33-36-20-27(34)31(39-33)26-19-35-28-10-4-3-9-25(26)28/h3-13,17-20,35H,14-16H2,1-2H3,(H,37,43)(H,36,38,39). The summed E-state index contributed by atoms with van der Waals surface area (Å²) in [5, 5.41) is 7.63. The van der Waals surface area contributed by atoms with Crippen LogP contribution in [0, 0.1) is 0 Å². The molecule has 3 aromatic carbocycles. The van der Waals surface area contributed by atoms with Gasteiger partial charge in [0.1, 0.15) is 0 Å². The SMILES string of the molecule is CN(C)CC=CC(=O)N1CCc2ccc(C(=O)Nc3cccc(Nc4ncc(Cl)c(-c5c[nH]c6ccccc56)n4)c3)cc21. The van der Waals surface area contributed by atoms with Gasteiger partial charge in [-0.25, -0.2) is 9.97 Å². The lowest BCUT2D eigenvalue weighted by Crippen LogP contribution is -2.27. The summed E-state index contributed by atoms with van der Waals surface area (Å²) < 4.78 is 0. The molecule has 2 aromatic heterocycles. The highest BCUT2D eigenvalue weighted by atomic mass is 35.5. The minimum atomic E-state index is -0.272. The van der Waals surface area contributed by atoms with Crippen molar-refractivity contribution in [3.05, 3.63) is 107 Å². The molecule has 3 heterocycles. The van der Waals surface area contributed by atoms with Gasteiger partial charge in [-0.05, 0) is 62.5 Å². The van der Waals surface area contributed by atoms with Crippen LogP contribution in [0.15, 0.2) is 91.3 Å². The zero-order chi connectivity index (χ0) is 29.9. The second-order valence-corrected chi connectivity index (χ2v) is 11.0. The van der Waals surface area contributed by atoms with Gasteiger partial charge in [-0.2, -0.15) is 0 Å². The van der Waals surface area contributed by atoms with Crippen LogP contribution in [0.5, 0.6) is 0 Å². The van der Waals surface area contributed by atoms with Gasteiger partial charge in [0.05, 0.1) is 16.9 Å². The Kier molecular flexibility index (Phi) is 7.91. The molecule has 0 fully saturated rings. The molecule has 3 N–H and O–H groups in total. The van der Waals surface area contributed by atoms with E-state index >= 15 is 0 Å². The lowest BCUT2D eigenvalue weighted by atomic mass is 10.1. The number of carbonyl (C=O) groups excluding carboxylic acids is 2. The topological polar surface area (TPSA) is 106 Å². The van der Waals surface area contributed by atoms with E-state index in [1.807, 2.05) is 79.8 Å². The van der Waals surface area contributed by atoms with Crippen LogP contribution in [-0.2, 0) is 11.2 Å². The van der Waals surface area contributed by atoms with Crippen molar-refractivity contribution in [2.75, 3.05) is 42.7 Å². The number of para-hydroxylation sites is 1. The van der Waals surface area contributed by atoms with E-state index in [-0.39, 0.29) is 11.8 Å². The molecule has 0 spiro atoms. The second-order valence-electron chi connectivity index (χ2n) is 10.5. The number of nitrogens with one attached hydrogen (secondary N) is 3. The molecule has 0 bridgehead atoms. The van der Waals surface area contributed by atoms with Crippen LogP contribution in [0.1, 0.15) is 15.9 Å². The second kappa shape index (κ2) is 12.1. The third-order valence-electron chi connectivity index (χ3n) is 7.21. The zero-order valence-electron chi connectivity index (χ0n) is 23.8. The number of hydrogen-bond donors (Lipinski definition) is 3. The molecule has 216 valence electrons. The first-order chi connectivity index (χ1) is 20.9. The Morgan fingerprint density at radius 2 is 1.91 bits per heavy atom. The summed E-state index contributed by atoms with van der Waals surface area (Å²) in [5.74, 6) is 0.0112. The first-order valence-electron chi connectivity index (χ1n) is 13.9. The molecule has 0 aliphatic carbocycles. The van der Waals surface area contributed by atoms with Gasteiger partial charge in [0.15, 0.2) is 0 Å². The molecule has 0 saturated carbocycles. The summed E-state index contributed by atoms with van der Waals surface area (Å²) in [4.78, 5) is 42.0. The summed E-state index contributed by atoms with van der Waals surface area (Å²) in [5.41, 5.74) is 6.06. The van der Waals surface area contributed by atoms with E-state index in [0.717, 1.165) is 34.1 Å². The van der Waals surface area contributed by atoms with Crippen LogP contribution < -0.4 is 15.5 Å². The zero-order valence-corrected chi connectivity index (χ0v) is 24.5. The maximum absolute atomic E-state index is 13.2. The molecule has 1 aliphatic rings. The van der Waals surface area contributed by atoms with Crippen LogP contribution in [0.2, 0.25) is 5.02 Å². The molecular formula is C33H30ClN7O2. The maximum Gasteiger partial charge on any atom is 0.255 e. The Morgan fingerprint density at radius 1 is 1.07 bits per heavy atom. The molecule has 6 rings (SSSR count). The van der Waals surface area contributed by atoms with Crippen molar-refractivity contribution < 1.29 is 9.59 Å². The number of hydrogen-bond acceptors (Lipinski definition) is 6. The van der Waals surface area contributed by atoms with Gasteiger partial charge in [0.25, 0.3) is 11.8 Å². The van der Waals surface area contributed by atoms with Crippen molar-refractivity contribution in [1.29, 1.82) is 0 Å². The van der Waals surface area contributed by atoms with Crippen molar-refractivity contribution in [3.63, 3.8) is 0 Å². The first-order valence-corrected chi connectivity index (χ1v) is 14.3. The number of likely N-dealkylation sites (N-methyl/N-ethyl adjacent to an activating group) is 1. The van der Waals surface area contributed by atoms with Gasteiger partial charge in [-0.3, -0.25) is 9.59 Å². The lowest BCUT2D eigenvalue weighted by Gasteiger charge is -2.16. The fourth-order valence-corrected chi connectivity index (χ4v) is 5.29. The number of benzene rings is 3. The Hall–Kier alpha value is -4.99. The number of nitrogens with zero attached hydrogens (tertiary/aromatic N) is 4. The van der Waals surface area contributed by atoms with Crippen LogP contribution in [0.25, 0.3) is 22.2 Å². The number of anilines is 4. The summed E-state index contributed by atoms with van der Waals surface area (Å²) in [6.07, 6.45) is 7.64. The average molecular weight is 592 g/mol. The molecule has 1 aliphatic heterocycles. The fraction of sp³-hybridized carbons (Fsp3) is 0.152. The summed E-state index contributed by atoms with van der Waals surface area (Å²) >= 11 is 6.49. The number of fused-ring (bicyclic) bond motifs is 2. The lowest BCUT2D eigenvalue weighted by molar-refractivity contribution is -0.114. The van der Waals surface area contributed by atoms with Crippen LogP contribution in [0.4, 0.5) is 23.0 Å². The molecule has 43 heavy (non-hydrogen) atoms. The molecule has 10 heteroatoms. The average Bonchev–Trinajstić information content (AvgIpc) is 3.62. The number of carbonyl (C=O) groups is 2. The van der Waals surface area contributed by atoms with Gasteiger partial charge >= 0.3 is 0 Å². The van der Waals surface area contributed by atoms with Crippen molar-refractivity contribution >= 4 is 57.3 Å². The van der Waals surface area contributed by atoms with Crippen LogP contribution >= 0.6 is 11.6 Å². The van der Waals surface area contributed by atoms with Gasteiger partial charge in [-0.1, -0.05) is 48.0 Å². The van der Waals surface area contributed by atoms with E-state index in [1.54, 1.807) is 35.4 Å². The van der Waals surface area contributed by atoms with Crippen molar-refractivity contribution in [2.45, 2.75) is 6.42 Å². The van der Waals surface area contributed by atoms with E-state index in [1.165, 1.54) is 0 Å². The van der Waals surface area contributed by atoms with Gasteiger partial charge in [0.2, 0.25) is 5.95 Å².